The van der Waals surface area contributed by atoms with Crippen molar-refractivity contribution in [2.45, 2.75) is 32.0 Å². The molecule has 2 unspecified atom stereocenters. The lowest BCUT2D eigenvalue weighted by Gasteiger charge is -2.21. The Balaban J connectivity index is 2.02. The quantitative estimate of drug-likeness (QED) is 0.841. The second-order valence-corrected chi connectivity index (χ2v) is 5.63. The van der Waals surface area contributed by atoms with Gasteiger partial charge in [-0.1, -0.05) is 19.1 Å². The molecule has 1 aliphatic carbocycles. The van der Waals surface area contributed by atoms with Gasteiger partial charge in [-0.05, 0) is 48.9 Å². The average molecular weight is 286 g/mol. The first-order valence-corrected chi connectivity index (χ1v) is 7.02. The summed E-state index contributed by atoms with van der Waals surface area (Å²) in [5.41, 5.74) is 5.68. The van der Waals surface area contributed by atoms with E-state index in [1.165, 1.54) is 25.0 Å². The number of halogens is 3. The minimum atomic E-state index is -4.31. The Morgan fingerprint density at radius 3 is 2.60 bits per heavy atom. The van der Waals surface area contributed by atoms with Gasteiger partial charge in [0.1, 0.15) is 0 Å². The van der Waals surface area contributed by atoms with Crippen molar-refractivity contribution in [1.82, 2.24) is 5.32 Å². The molecule has 0 heterocycles. The van der Waals surface area contributed by atoms with E-state index in [2.05, 4.69) is 12.2 Å². The highest BCUT2D eigenvalue weighted by molar-refractivity contribution is 5.28. The SMILES string of the molecule is CC(CNC(CN)c1cccc(C(F)(F)F)c1)C1CC1. The van der Waals surface area contributed by atoms with Crippen LogP contribution in [-0.2, 0) is 6.18 Å². The summed E-state index contributed by atoms with van der Waals surface area (Å²) in [6.07, 6.45) is -1.78. The molecule has 0 aromatic heterocycles. The molecule has 2 rings (SSSR count). The van der Waals surface area contributed by atoms with Gasteiger partial charge < -0.3 is 11.1 Å². The van der Waals surface area contributed by atoms with Gasteiger partial charge in [-0.3, -0.25) is 0 Å². The monoisotopic (exact) mass is 286 g/mol. The second kappa shape index (κ2) is 6.14. The first kappa shape index (κ1) is 15.3. The van der Waals surface area contributed by atoms with Crippen molar-refractivity contribution in [3.63, 3.8) is 0 Å². The van der Waals surface area contributed by atoms with E-state index in [0.29, 0.717) is 18.0 Å². The normalized spacial score (nSPS) is 18.9. The van der Waals surface area contributed by atoms with Crippen molar-refractivity contribution in [3.8, 4) is 0 Å². The molecule has 5 heteroatoms. The molecule has 1 fully saturated rings. The molecule has 1 aromatic carbocycles. The molecule has 112 valence electrons. The lowest BCUT2D eigenvalue weighted by atomic mass is 10.0. The van der Waals surface area contributed by atoms with Crippen LogP contribution in [-0.4, -0.2) is 13.1 Å². The highest BCUT2D eigenvalue weighted by atomic mass is 19.4. The number of nitrogens with one attached hydrogen (secondary N) is 1. The minimum absolute atomic E-state index is 0.224. The zero-order valence-electron chi connectivity index (χ0n) is 11.6. The van der Waals surface area contributed by atoms with Gasteiger partial charge in [0.2, 0.25) is 0 Å². The Hall–Kier alpha value is -1.07. The van der Waals surface area contributed by atoms with Crippen molar-refractivity contribution in [2.75, 3.05) is 13.1 Å². The summed E-state index contributed by atoms with van der Waals surface area (Å²) in [7, 11) is 0. The summed E-state index contributed by atoms with van der Waals surface area (Å²) < 4.78 is 38.1. The van der Waals surface area contributed by atoms with E-state index in [4.69, 9.17) is 5.73 Å². The van der Waals surface area contributed by atoms with E-state index in [1.54, 1.807) is 6.07 Å². The molecule has 3 N–H and O–H groups in total. The standard InChI is InChI=1S/C15H21F3N2/c1-10(11-5-6-11)9-20-14(8-19)12-3-2-4-13(7-12)15(16,17)18/h2-4,7,10-11,14,20H,5-6,8-9,19H2,1H3. The molecule has 2 atom stereocenters. The summed E-state index contributed by atoms with van der Waals surface area (Å²) in [6, 6.07) is 5.18. The molecule has 0 spiro atoms. The fourth-order valence-electron chi connectivity index (χ4n) is 2.43. The average Bonchev–Trinajstić information content (AvgIpc) is 3.23. The number of nitrogens with two attached hydrogens (primary N) is 1. The number of hydrogen-bond acceptors (Lipinski definition) is 2. The molecule has 1 saturated carbocycles. The minimum Gasteiger partial charge on any atom is -0.329 e. The van der Waals surface area contributed by atoms with Crippen LogP contribution in [0.1, 0.15) is 36.9 Å². The smallest absolute Gasteiger partial charge is 0.329 e. The van der Waals surface area contributed by atoms with Gasteiger partial charge in [-0.25, -0.2) is 0 Å². The van der Waals surface area contributed by atoms with Gasteiger partial charge in [0.15, 0.2) is 0 Å². The van der Waals surface area contributed by atoms with Crippen LogP contribution in [0, 0.1) is 11.8 Å². The molecule has 0 radical (unpaired) electrons. The van der Waals surface area contributed by atoms with E-state index in [9.17, 15) is 13.2 Å². The molecule has 1 aromatic rings. The van der Waals surface area contributed by atoms with Crippen LogP contribution in [0.5, 0.6) is 0 Å². The zero-order chi connectivity index (χ0) is 14.8. The van der Waals surface area contributed by atoms with E-state index in [-0.39, 0.29) is 6.04 Å². The summed E-state index contributed by atoms with van der Waals surface area (Å²) in [6.45, 7) is 3.26. The largest absolute Gasteiger partial charge is 0.416 e. The van der Waals surface area contributed by atoms with E-state index < -0.39 is 11.7 Å². The molecule has 20 heavy (non-hydrogen) atoms. The Morgan fingerprint density at radius 1 is 1.35 bits per heavy atom. The van der Waals surface area contributed by atoms with Gasteiger partial charge in [0, 0.05) is 12.6 Å². The van der Waals surface area contributed by atoms with Crippen LogP contribution in [0.2, 0.25) is 0 Å². The predicted octanol–water partition coefficient (Wildman–Crippen LogP) is 3.34. The molecular weight excluding hydrogens is 265 g/mol. The first-order chi connectivity index (χ1) is 9.41. The Labute approximate surface area is 117 Å². The van der Waals surface area contributed by atoms with Crippen LogP contribution in [0.4, 0.5) is 13.2 Å². The van der Waals surface area contributed by atoms with Crippen molar-refractivity contribution >= 4 is 0 Å². The topological polar surface area (TPSA) is 38.0 Å². The van der Waals surface area contributed by atoms with Gasteiger partial charge >= 0.3 is 6.18 Å². The highest BCUT2D eigenvalue weighted by Crippen LogP contribution is 2.36. The van der Waals surface area contributed by atoms with E-state index in [0.717, 1.165) is 18.5 Å². The summed E-state index contributed by atoms with van der Waals surface area (Å²) >= 11 is 0. The number of hydrogen-bond donors (Lipinski definition) is 2. The maximum Gasteiger partial charge on any atom is 0.416 e. The van der Waals surface area contributed by atoms with Crippen LogP contribution < -0.4 is 11.1 Å². The lowest BCUT2D eigenvalue weighted by molar-refractivity contribution is -0.137. The third kappa shape index (κ3) is 3.96. The molecular formula is C15H21F3N2. The maximum atomic E-state index is 12.7. The third-order valence-corrected chi connectivity index (χ3v) is 3.96. The fourth-order valence-corrected chi connectivity index (χ4v) is 2.43. The van der Waals surface area contributed by atoms with Crippen LogP contribution >= 0.6 is 0 Å². The Morgan fingerprint density at radius 2 is 2.05 bits per heavy atom. The number of rotatable bonds is 6. The van der Waals surface area contributed by atoms with Crippen molar-refractivity contribution in [1.29, 1.82) is 0 Å². The molecule has 0 saturated heterocycles. The van der Waals surface area contributed by atoms with Crippen LogP contribution in [0.15, 0.2) is 24.3 Å². The summed E-state index contributed by atoms with van der Waals surface area (Å²) in [5, 5.41) is 3.29. The van der Waals surface area contributed by atoms with Crippen LogP contribution in [0.25, 0.3) is 0 Å². The summed E-state index contributed by atoms with van der Waals surface area (Å²) in [4.78, 5) is 0. The second-order valence-electron chi connectivity index (χ2n) is 5.63. The maximum absolute atomic E-state index is 12.7. The first-order valence-electron chi connectivity index (χ1n) is 7.02. The molecule has 0 bridgehead atoms. The Kier molecular flexibility index (Phi) is 4.70. The molecule has 2 nitrogen and oxygen atoms in total. The van der Waals surface area contributed by atoms with Gasteiger partial charge in [-0.15, -0.1) is 0 Å². The van der Waals surface area contributed by atoms with Crippen molar-refractivity contribution in [2.24, 2.45) is 17.6 Å². The molecule has 0 amide bonds. The summed E-state index contributed by atoms with van der Waals surface area (Å²) in [5.74, 6) is 1.32. The van der Waals surface area contributed by atoms with Crippen molar-refractivity contribution < 1.29 is 13.2 Å². The zero-order valence-corrected chi connectivity index (χ0v) is 11.6. The van der Waals surface area contributed by atoms with Gasteiger partial charge in [0.05, 0.1) is 5.56 Å². The molecule has 1 aliphatic rings. The Bertz CT molecular complexity index is 441. The molecule has 0 aliphatic heterocycles. The van der Waals surface area contributed by atoms with E-state index >= 15 is 0 Å². The van der Waals surface area contributed by atoms with E-state index in [1.807, 2.05) is 0 Å². The number of alkyl halides is 3. The predicted molar refractivity (Wildman–Crippen MR) is 73.1 cm³/mol. The van der Waals surface area contributed by atoms with Gasteiger partial charge in [0.25, 0.3) is 0 Å². The number of benzene rings is 1. The third-order valence-electron chi connectivity index (χ3n) is 3.96. The van der Waals surface area contributed by atoms with Crippen LogP contribution in [0.3, 0.4) is 0 Å². The highest BCUT2D eigenvalue weighted by Gasteiger charge is 2.31. The van der Waals surface area contributed by atoms with Crippen molar-refractivity contribution in [3.05, 3.63) is 35.4 Å². The lowest BCUT2D eigenvalue weighted by Crippen LogP contribution is -2.32. The van der Waals surface area contributed by atoms with Gasteiger partial charge in [-0.2, -0.15) is 13.2 Å². The fraction of sp³-hybridized carbons (Fsp3) is 0.600.